The van der Waals surface area contributed by atoms with E-state index in [2.05, 4.69) is 10.2 Å². The number of nitrogens with zero attached hydrogens (tertiary/aromatic N) is 1. The number of hydrogen-bond acceptors (Lipinski definition) is 2. The van der Waals surface area contributed by atoms with Crippen LogP contribution in [0.1, 0.15) is 57.8 Å². The van der Waals surface area contributed by atoms with Crippen LogP contribution in [0.2, 0.25) is 0 Å². The molecule has 1 aliphatic carbocycles. The van der Waals surface area contributed by atoms with Gasteiger partial charge in [-0.3, -0.25) is 4.79 Å². The second kappa shape index (κ2) is 6.25. The monoisotopic (exact) mass is 264 g/mol. The highest BCUT2D eigenvalue weighted by Crippen LogP contribution is 2.29. The zero-order chi connectivity index (χ0) is 13.1. The molecule has 2 unspecified atom stereocenters. The van der Waals surface area contributed by atoms with Crippen LogP contribution in [-0.4, -0.2) is 36.5 Å². The van der Waals surface area contributed by atoms with Gasteiger partial charge in [0.1, 0.15) is 0 Å². The first-order chi connectivity index (χ1) is 9.34. The zero-order valence-electron chi connectivity index (χ0n) is 12.1. The molecule has 3 rings (SSSR count). The maximum absolute atomic E-state index is 12.7. The predicted molar refractivity (Wildman–Crippen MR) is 76.9 cm³/mol. The number of likely N-dealkylation sites (tertiary alicyclic amines) is 1. The minimum atomic E-state index is 0.334. The lowest BCUT2D eigenvalue weighted by Gasteiger charge is -2.25. The first-order valence-corrected chi connectivity index (χ1v) is 8.37. The van der Waals surface area contributed by atoms with E-state index in [0.29, 0.717) is 17.9 Å². The first kappa shape index (κ1) is 13.4. The molecule has 2 atom stereocenters. The second-order valence-electron chi connectivity index (χ2n) is 6.75. The average molecular weight is 264 g/mol. The normalized spacial score (nSPS) is 33.6. The average Bonchev–Trinajstić information content (AvgIpc) is 2.81. The van der Waals surface area contributed by atoms with Crippen molar-refractivity contribution in [1.82, 2.24) is 10.2 Å². The standard InChI is InChI=1S/C16H28N2O/c19-16(13-7-4-2-1-3-5-8-13)18-11-14-9-6-10-17-15(14)12-18/h13-15,17H,1-12H2. The highest BCUT2D eigenvalue weighted by Gasteiger charge is 2.38. The number of carbonyl (C=O) groups excluding carboxylic acids is 1. The van der Waals surface area contributed by atoms with Crippen molar-refractivity contribution in [2.45, 2.75) is 63.8 Å². The Hall–Kier alpha value is -0.570. The Balaban J connectivity index is 1.57. The molecule has 19 heavy (non-hydrogen) atoms. The molecule has 1 saturated carbocycles. The molecule has 0 spiro atoms. The fourth-order valence-corrected chi connectivity index (χ4v) is 4.19. The van der Waals surface area contributed by atoms with Gasteiger partial charge in [0.05, 0.1) is 0 Å². The molecule has 0 aromatic carbocycles. The molecule has 3 heteroatoms. The van der Waals surface area contributed by atoms with Crippen LogP contribution in [0.25, 0.3) is 0 Å². The van der Waals surface area contributed by atoms with Crippen molar-refractivity contribution < 1.29 is 4.79 Å². The Morgan fingerprint density at radius 1 is 0.895 bits per heavy atom. The van der Waals surface area contributed by atoms with E-state index in [1.165, 1.54) is 44.9 Å². The van der Waals surface area contributed by atoms with Gasteiger partial charge in [-0.2, -0.15) is 0 Å². The molecule has 3 fully saturated rings. The molecule has 108 valence electrons. The van der Waals surface area contributed by atoms with E-state index in [0.717, 1.165) is 38.4 Å². The summed E-state index contributed by atoms with van der Waals surface area (Å²) in [6.45, 7) is 3.14. The summed E-state index contributed by atoms with van der Waals surface area (Å²) >= 11 is 0. The van der Waals surface area contributed by atoms with Gasteiger partial charge >= 0.3 is 0 Å². The minimum Gasteiger partial charge on any atom is -0.341 e. The third-order valence-electron chi connectivity index (χ3n) is 5.37. The van der Waals surface area contributed by atoms with Gasteiger partial charge in [0.25, 0.3) is 0 Å². The maximum Gasteiger partial charge on any atom is 0.225 e. The predicted octanol–water partition coefficient (Wildman–Crippen LogP) is 2.56. The Bertz CT molecular complexity index is 296. The molecule has 2 aliphatic heterocycles. The fourth-order valence-electron chi connectivity index (χ4n) is 4.19. The molecule has 0 aromatic heterocycles. The molecule has 2 saturated heterocycles. The first-order valence-electron chi connectivity index (χ1n) is 8.37. The van der Waals surface area contributed by atoms with Crippen molar-refractivity contribution in [3.05, 3.63) is 0 Å². The molecule has 3 nitrogen and oxygen atoms in total. The minimum absolute atomic E-state index is 0.334. The third kappa shape index (κ3) is 3.13. The number of amides is 1. The molecule has 2 heterocycles. The van der Waals surface area contributed by atoms with Crippen molar-refractivity contribution in [2.75, 3.05) is 19.6 Å². The number of hydrogen-bond donors (Lipinski definition) is 1. The van der Waals surface area contributed by atoms with Crippen LogP contribution in [-0.2, 0) is 4.79 Å². The fraction of sp³-hybridized carbons (Fsp3) is 0.938. The molecule has 0 radical (unpaired) electrons. The van der Waals surface area contributed by atoms with Crippen molar-refractivity contribution in [3.63, 3.8) is 0 Å². The van der Waals surface area contributed by atoms with Gasteiger partial charge in [-0.05, 0) is 38.1 Å². The summed E-state index contributed by atoms with van der Waals surface area (Å²) in [5, 5.41) is 3.60. The van der Waals surface area contributed by atoms with Crippen molar-refractivity contribution >= 4 is 5.91 Å². The smallest absolute Gasteiger partial charge is 0.225 e. The Kier molecular flexibility index (Phi) is 4.42. The van der Waals surface area contributed by atoms with E-state index in [1.807, 2.05) is 0 Å². The number of carbonyl (C=O) groups is 1. The van der Waals surface area contributed by atoms with Crippen LogP contribution in [0, 0.1) is 11.8 Å². The lowest BCUT2D eigenvalue weighted by molar-refractivity contribution is -0.135. The molecule has 0 bridgehead atoms. The number of nitrogens with one attached hydrogen (secondary N) is 1. The van der Waals surface area contributed by atoms with Gasteiger partial charge in [-0.25, -0.2) is 0 Å². The summed E-state index contributed by atoms with van der Waals surface area (Å²) in [5.74, 6) is 1.53. The Morgan fingerprint density at radius 3 is 2.37 bits per heavy atom. The van der Waals surface area contributed by atoms with Gasteiger partial charge in [-0.1, -0.05) is 32.1 Å². The molecule has 0 aromatic rings. The van der Waals surface area contributed by atoms with E-state index in [4.69, 9.17) is 0 Å². The van der Waals surface area contributed by atoms with E-state index in [-0.39, 0.29) is 0 Å². The van der Waals surface area contributed by atoms with Crippen molar-refractivity contribution in [2.24, 2.45) is 11.8 Å². The Morgan fingerprint density at radius 2 is 1.63 bits per heavy atom. The van der Waals surface area contributed by atoms with E-state index < -0.39 is 0 Å². The van der Waals surface area contributed by atoms with Gasteiger partial charge < -0.3 is 10.2 Å². The van der Waals surface area contributed by atoms with Crippen LogP contribution in [0.15, 0.2) is 0 Å². The van der Waals surface area contributed by atoms with E-state index >= 15 is 0 Å². The number of fused-ring (bicyclic) bond motifs is 1. The van der Waals surface area contributed by atoms with Crippen molar-refractivity contribution in [1.29, 1.82) is 0 Å². The highest BCUT2D eigenvalue weighted by atomic mass is 16.2. The van der Waals surface area contributed by atoms with Gasteiger partial charge in [0, 0.05) is 25.0 Å². The summed E-state index contributed by atoms with van der Waals surface area (Å²) in [7, 11) is 0. The second-order valence-corrected chi connectivity index (χ2v) is 6.75. The van der Waals surface area contributed by atoms with E-state index in [9.17, 15) is 4.79 Å². The summed E-state index contributed by atoms with van der Waals surface area (Å²) in [5.41, 5.74) is 0. The van der Waals surface area contributed by atoms with Crippen LogP contribution in [0.4, 0.5) is 0 Å². The van der Waals surface area contributed by atoms with Crippen LogP contribution < -0.4 is 5.32 Å². The molecule has 3 aliphatic rings. The lowest BCUT2D eigenvalue weighted by atomic mass is 9.90. The topological polar surface area (TPSA) is 32.3 Å². The van der Waals surface area contributed by atoms with Gasteiger partial charge in [-0.15, -0.1) is 0 Å². The number of piperidine rings is 1. The third-order valence-corrected chi connectivity index (χ3v) is 5.37. The molecular weight excluding hydrogens is 236 g/mol. The summed E-state index contributed by atoms with van der Waals surface area (Å²) in [6, 6.07) is 0.589. The van der Waals surface area contributed by atoms with Crippen LogP contribution in [0.5, 0.6) is 0 Å². The molecule has 1 N–H and O–H groups in total. The molecule has 1 amide bonds. The number of rotatable bonds is 1. The SMILES string of the molecule is O=C(C1CCCCCCC1)N1CC2CCCNC2C1. The van der Waals surface area contributed by atoms with E-state index in [1.54, 1.807) is 0 Å². The Labute approximate surface area is 117 Å². The van der Waals surface area contributed by atoms with Gasteiger partial charge in [0.15, 0.2) is 0 Å². The quantitative estimate of drug-likeness (QED) is 0.789. The van der Waals surface area contributed by atoms with Crippen LogP contribution >= 0.6 is 0 Å². The zero-order valence-corrected chi connectivity index (χ0v) is 12.1. The van der Waals surface area contributed by atoms with Gasteiger partial charge in [0.2, 0.25) is 5.91 Å². The highest BCUT2D eigenvalue weighted by molar-refractivity contribution is 5.79. The summed E-state index contributed by atoms with van der Waals surface area (Å²) in [6.07, 6.45) is 11.4. The van der Waals surface area contributed by atoms with Crippen LogP contribution in [0.3, 0.4) is 0 Å². The van der Waals surface area contributed by atoms with Crippen molar-refractivity contribution in [3.8, 4) is 0 Å². The lowest BCUT2D eigenvalue weighted by Crippen LogP contribution is -2.41. The maximum atomic E-state index is 12.7. The summed E-state index contributed by atoms with van der Waals surface area (Å²) in [4.78, 5) is 14.9. The largest absolute Gasteiger partial charge is 0.341 e. The molecular formula is C16H28N2O. The summed E-state index contributed by atoms with van der Waals surface area (Å²) < 4.78 is 0.